The average Bonchev–Trinajstić information content (AvgIpc) is 2.70. The Morgan fingerprint density at radius 1 is 1.13 bits per heavy atom. The van der Waals surface area contributed by atoms with Crippen LogP contribution in [0.4, 0.5) is 0 Å². The number of hydrogen-bond donors (Lipinski definition) is 0. The molecule has 1 aliphatic rings. The molecule has 2 heterocycles. The Morgan fingerprint density at radius 3 is 2.57 bits per heavy atom. The van der Waals surface area contributed by atoms with Crippen molar-refractivity contribution in [2.45, 2.75) is 13.3 Å². The van der Waals surface area contributed by atoms with Crippen LogP contribution >= 0.6 is 11.3 Å². The van der Waals surface area contributed by atoms with E-state index in [0.29, 0.717) is 32.6 Å². The molecule has 3 rings (SSSR count). The molecule has 0 radical (unpaired) electrons. The van der Waals surface area contributed by atoms with Gasteiger partial charge in [0.05, 0.1) is 11.1 Å². The summed E-state index contributed by atoms with van der Waals surface area (Å²) in [5.74, 6) is 0.0130. The minimum atomic E-state index is -3.19. The van der Waals surface area contributed by atoms with E-state index in [-0.39, 0.29) is 5.91 Å². The zero-order valence-corrected chi connectivity index (χ0v) is 14.9. The number of hydrogen-bond acceptors (Lipinski definition) is 4. The third-order valence-electron chi connectivity index (χ3n) is 4.25. The van der Waals surface area contributed by atoms with Crippen LogP contribution in [0.3, 0.4) is 0 Å². The van der Waals surface area contributed by atoms with Gasteiger partial charge >= 0.3 is 0 Å². The SMILES string of the molecule is Cc1c(C(=O)N2CCCN(S(C)(=O)=O)CC2)sc2ccccc12. The summed E-state index contributed by atoms with van der Waals surface area (Å²) in [6.07, 6.45) is 1.89. The van der Waals surface area contributed by atoms with Crippen LogP contribution in [0.2, 0.25) is 0 Å². The van der Waals surface area contributed by atoms with Crippen LogP contribution in [0.15, 0.2) is 24.3 Å². The lowest BCUT2D eigenvalue weighted by atomic mass is 10.1. The molecule has 0 N–H and O–H groups in total. The van der Waals surface area contributed by atoms with E-state index < -0.39 is 10.0 Å². The van der Waals surface area contributed by atoms with E-state index in [4.69, 9.17) is 0 Å². The van der Waals surface area contributed by atoms with E-state index in [1.807, 2.05) is 31.2 Å². The van der Waals surface area contributed by atoms with Gasteiger partial charge in [0.15, 0.2) is 0 Å². The number of aryl methyl sites for hydroxylation is 1. The van der Waals surface area contributed by atoms with Crippen molar-refractivity contribution in [3.05, 3.63) is 34.7 Å². The molecule has 7 heteroatoms. The summed E-state index contributed by atoms with van der Waals surface area (Å²) in [7, 11) is -3.19. The van der Waals surface area contributed by atoms with Gasteiger partial charge in [-0.15, -0.1) is 11.3 Å². The largest absolute Gasteiger partial charge is 0.337 e. The van der Waals surface area contributed by atoms with Gasteiger partial charge < -0.3 is 4.90 Å². The number of carbonyl (C=O) groups is 1. The molecule has 1 aliphatic heterocycles. The highest BCUT2D eigenvalue weighted by atomic mass is 32.2. The van der Waals surface area contributed by atoms with Crippen LogP contribution in [0, 0.1) is 6.92 Å². The highest BCUT2D eigenvalue weighted by molar-refractivity contribution is 7.88. The molecule has 1 aromatic carbocycles. The third kappa shape index (κ3) is 3.27. The zero-order chi connectivity index (χ0) is 16.6. The molecule has 1 saturated heterocycles. The zero-order valence-electron chi connectivity index (χ0n) is 13.3. The molecule has 0 unspecified atom stereocenters. The van der Waals surface area contributed by atoms with Gasteiger partial charge in [0.2, 0.25) is 10.0 Å². The number of carbonyl (C=O) groups excluding carboxylic acids is 1. The fourth-order valence-electron chi connectivity index (χ4n) is 2.95. The Hall–Kier alpha value is -1.44. The number of nitrogens with zero attached hydrogens (tertiary/aromatic N) is 2. The van der Waals surface area contributed by atoms with Crippen LogP contribution in [-0.4, -0.2) is 56.0 Å². The van der Waals surface area contributed by atoms with Crippen molar-refractivity contribution in [1.29, 1.82) is 0 Å². The number of thiophene rings is 1. The van der Waals surface area contributed by atoms with Crippen LogP contribution in [0.25, 0.3) is 10.1 Å². The Bertz CT molecular complexity index is 842. The predicted molar refractivity (Wildman–Crippen MR) is 93.5 cm³/mol. The van der Waals surface area contributed by atoms with Crippen molar-refractivity contribution in [3.8, 4) is 0 Å². The van der Waals surface area contributed by atoms with Gasteiger partial charge in [-0.2, -0.15) is 0 Å². The molecule has 0 spiro atoms. The molecule has 5 nitrogen and oxygen atoms in total. The second-order valence-corrected chi connectivity index (χ2v) is 8.89. The second-order valence-electron chi connectivity index (χ2n) is 5.86. The highest BCUT2D eigenvalue weighted by Crippen LogP contribution is 2.31. The lowest BCUT2D eigenvalue weighted by Crippen LogP contribution is -2.36. The smallest absolute Gasteiger partial charge is 0.264 e. The maximum Gasteiger partial charge on any atom is 0.264 e. The molecule has 1 aromatic heterocycles. The molecule has 23 heavy (non-hydrogen) atoms. The normalized spacial score (nSPS) is 17.4. The highest BCUT2D eigenvalue weighted by Gasteiger charge is 2.26. The van der Waals surface area contributed by atoms with Gasteiger partial charge in [-0.25, -0.2) is 12.7 Å². The lowest BCUT2D eigenvalue weighted by molar-refractivity contribution is 0.0768. The van der Waals surface area contributed by atoms with E-state index in [1.165, 1.54) is 21.9 Å². The summed E-state index contributed by atoms with van der Waals surface area (Å²) in [5.41, 5.74) is 1.01. The summed E-state index contributed by atoms with van der Waals surface area (Å²) >= 11 is 1.52. The molecule has 0 atom stereocenters. The number of sulfonamides is 1. The maximum atomic E-state index is 12.9. The number of rotatable bonds is 2. The maximum absolute atomic E-state index is 12.9. The summed E-state index contributed by atoms with van der Waals surface area (Å²) in [5, 5.41) is 1.12. The average molecular weight is 352 g/mol. The monoisotopic (exact) mass is 352 g/mol. The van der Waals surface area contributed by atoms with E-state index in [1.54, 1.807) is 4.90 Å². The number of amides is 1. The van der Waals surface area contributed by atoms with Crippen molar-refractivity contribution < 1.29 is 13.2 Å². The van der Waals surface area contributed by atoms with Crippen LogP contribution in [-0.2, 0) is 10.0 Å². The molecule has 124 valence electrons. The Morgan fingerprint density at radius 2 is 1.87 bits per heavy atom. The fraction of sp³-hybridized carbons (Fsp3) is 0.438. The predicted octanol–water partition coefficient (Wildman–Crippen LogP) is 2.32. The third-order valence-corrected chi connectivity index (χ3v) is 6.81. The Balaban J connectivity index is 1.84. The van der Waals surface area contributed by atoms with Crippen LogP contribution in [0.1, 0.15) is 21.7 Å². The first-order valence-corrected chi connectivity index (χ1v) is 10.3. The van der Waals surface area contributed by atoms with Crippen LogP contribution < -0.4 is 0 Å². The van der Waals surface area contributed by atoms with Gasteiger partial charge in [0, 0.05) is 30.9 Å². The van der Waals surface area contributed by atoms with Gasteiger partial charge in [-0.3, -0.25) is 4.79 Å². The molecule has 0 aliphatic carbocycles. The van der Waals surface area contributed by atoms with E-state index >= 15 is 0 Å². The minimum Gasteiger partial charge on any atom is -0.337 e. The Kier molecular flexibility index (Phi) is 4.44. The minimum absolute atomic E-state index is 0.0130. The van der Waals surface area contributed by atoms with Crippen molar-refractivity contribution in [3.63, 3.8) is 0 Å². The van der Waals surface area contributed by atoms with Gasteiger partial charge in [-0.05, 0) is 30.4 Å². The fourth-order valence-corrected chi connectivity index (χ4v) is 5.00. The van der Waals surface area contributed by atoms with Crippen molar-refractivity contribution >= 4 is 37.4 Å². The van der Waals surface area contributed by atoms with E-state index in [2.05, 4.69) is 0 Å². The molecule has 1 amide bonds. The quantitative estimate of drug-likeness (QED) is 0.833. The van der Waals surface area contributed by atoms with E-state index in [9.17, 15) is 13.2 Å². The summed E-state index contributed by atoms with van der Waals surface area (Å²) in [6, 6.07) is 8.01. The first-order chi connectivity index (χ1) is 10.9. The lowest BCUT2D eigenvalue weighted by Gasteiger charge is -2.20. The molecule has 1 fully saturated rings. The van der Waals surface area contributed by atoms with Crippen molar-refractivity contribution in [1.82, 2.24) is 9.21 Å². The van der Waals surface area contributed by atoms with Crippen molar-refractivity contribution in [2.75, 3.05) is 32.4 Å². The van der Waals surface area contributed by atoms with Gasteiger partial charge in [0.1, 0.15) is 0 Å². The first kappa shape index (κ1) is 16.4. The first-order valence-electron chi connectivity index (χ1n) is 7.60. The number of benzene rings is 1. The summed E-state index contributed by atoms with van der Waals surface area (Å²) < 4.78 is 25.9. The summed E-state index contributed by atoms with van der Waals surface area (Å²) in [4.78, 5) is 15.4. The van der Waals surface area contributed by atoms with E-state index in [0.717, 1.165) is 20.5 Å². The van der Waals surface area contributed by atoms with Gasteiger partial charge in [0.25, 0.3) is 5.91 Å². The van der Waals surface area contributed by atoms with Crippen LogP contribution in [0.5, 0.6) is 0 Å². The van der Waals surface area contributed by atoms with Crippen molar-refractivity contribution in [2.24, 2.45) is 0 Å². The molecular weight excluding hydrogens is 332 g/mol. The standard InChI is InChI=1S/C16H20N2O3S2/c1-12-13-6-3-4-7-14(13)22-15(12)16(19)17-8-5-9-18(11-10-17)23(2,20)21/h3-4,6-7H,5,8-11H2,1-2H3. The van der Waals surface area contributed by atoms with Gasteiger partial charge in [-0.1, -0.05) is 18.2 Å². The molecule has 0 saturated carbocycles. The number of fused-ring (bicyclic) bond motifs is 1. The topological polar surface area (TPSA) is 57.7 Å². The molecular formula is C16H20N2O3S2. The Labute approximate surface area is 140 Å². The second kappa shape index (κ2) is 6.22. The molecule has 2 aromatic rings. The summed E-state index contributed by atoms with van der Waals surface area (Å²) in [6.45, 7) is 3.87. The molecule has 0 bridgehead atoms.